The second kappa shape index (κ2) is 7.03. The Morgan fingerprint density at radius 2 is 1.64 bits per heavy atom. The highest BCUT2D eigenvalue weighted by Crippen LogP contribution is 2.28. The summed E-state index contributed by atoms with van der Waals surface area (Å²) in [7, 11) is 1.52. The van der Waals surface area contributed by atoms with Gasteiger partial charge in [0.1, 0.15) is 5.75 Å². The van der Waals surface area contributed by atoms with Gasteiger partial charge in [0.25, 0.3) is 5.91 Å². The van der Waals surface area contributed by atoms with Gasteiger partial charge in [-0.1, -0.05) is 23.2 Å². The van der Waals surface area contributed by atoms with E-state index in [1.165, 1.54) is 7.11 Å². The van der Waals surface area contributed by atoms with Crippen LogP contribution in [-0.2, 0) is 0 Å². The summed E-state index contributed by atoms with van der Waals surface area (Å²) in [6.45, 7) is 3.91. The van der Waals surface area contributed by atoms with E-state index >= 15 is 0 Å². The van der Waals surface area contributed by atoms with Crippen molar-refractivity contribution >= 4 is 34.8 Å². The molecular weight excluding hydrogens is 321 g/mol. The Labute approximate surface area is 140 Å². The maximum Gasteiger partial charge on any atom is 0.262 e. The van der Waals surface area contributed by atoms with Gasteiger partial charge in [-0.25, -0.2) is 0 Å². The molecule has 0 aliphatic heterocycles. The number of amides is 1. The van der Waals surface area contributed by atoms with E-state index < -0.39 is 0 Å². The van der Waals surface area contributed by atoms with E-state index in [1.807, 2.05) is 26.0 Å². The molecule has 0 spiro atoms. The topological polar surface area (TPSA) is 29.5 Å². The SMILES string of the molecule is COc1cc(Cl)ccc1C(=O)N(c1ccc(Cl)cc1)C(C)C. The summed E-state index contributed by atoms with van der Waals surface area (Å²) in [6, 6.07) is 12.1. The fraction of sp³-hybridized carbons (Fsp3) is 0.235. The zero-order chi connectivity index (χ0) is 16.3. The first-order chi connectivity index (χ1) is 10.4. The summed E-state index contributed by atoms with van der Waals surface area (Å²) >= 11 is 11.9. The molecule has 3 nitrogen and oxygen atoms in total. The molecule has 0 atom stereocenters. The van der Waals surface area contributed by atoms with E-state index in [0.29, 0.717) is 21.4 Å². The van der Waals surface area contributed by atoms with Crippen LogP contribution in [0.4, 0.5) is 5.69 Å². The summed E-state index contributed by atoms with van der Waals surface area (Å²) in [5.74, 6) is 0.308. The number of ether oxygens (including phenoxy) is 1. The Bertz CT molecular complexity index is 669. The smallest absolute Gasteiger partial charge is 0.262 e. The number of carbonyl (C=O) groups excluding carboxylic acids is 1. The van der Waals surface area contributed by atoms with Crippen molar-refractivity contribution in [2.45, 2.75) is 19.9 Å². The molecule has 0 saturated heterocycles. The minimum atomic E-state index is -0.147. The molecule has 0 heterocycles. The summed E-state index contributed by atoms with van der Waals surface area (Å²) in [6.07, 6.45) is 0. The first-order valence-electron chi connectivity index (χ1n) is 6.86. The van der Waals surface area contributed by atoms with Gasteiger partial charge in [0, 0.05) is 21.8 Å². The van der Waals surface area contributed by atoms with Crippen LogP contribution in [0.15, 0.2) is 42.5 Å². The number of hydrogen-bond acceptors (Lipinski definition) is 2. The maximum absolute atomic E-state index is 12.9. The Hall–Kier alpha value is -1.71. The zero-order valence-electron chi connectivity index (χ0n) is 12.6. The highest BCUT2D eigenvalue weighted by Gasteiger charge is 2.23. The molecule has 116 valence electrons. The molecule has 0 aliphatic carbocycles. The van der Waals surface area contributed by atoms with Gasteiger partial charge in [-0.3, -0.25) is 4.79 Å². The van der Waals surface area contributed by atoms with E-state index in [9.17, 15) is 4.79 Å². The second-order valence-corrected chi connectivity index (χ2v) is 5.96. The lowest BCUT2D eigenvalue weighted by Gasteiger charge is -2.27. The van der Waals surface area contributed by atoms with Gasteiger partial charge in [-0.15, -0.1) is 0 Å². The standard InChI is InChI=1S/C17H17Cl2NO2/c1-11(2)20(14-7-4-12(18)5-8-14)17(21)15-9-6-13(19)10-16(15)22-3/h4-11H,1-3H3. The fourth-order valence-electron chi connectivity index (χ4n) is 2.22. The van der Waals surface area contributed by atoms with Gasteiger partial charge in [0.15, 0.2) is 0 Å². The largest absolute Gasteiger partial charge is 0.496 e. The van der Waals surface area contributed by atoms with E-state index in [0.717, 1.165) is 5.69 Å². The molecule has 0 bridgehead atoms. The Morgan fingerprint density at radius 3 is 2.18 bits per heavy atom. The molecule has 0 saturated carbocycles. The average molecular weight is 338 g/mol. The molecule has 0 aromatic heterocycles. The summed E-state index contributed by atoms with van der Waals surface area (Å²) in [4.78, 5) is 14.6. The van der Waals surface area contributed by atoms with Crippen molar-refractivity contribution in [2.24, 2.45) is 0 Å². The number of halogens is 2. The van der Waals surface area contributed by atoms with Crippen LogP contribution in [0.2, 0.25) is 10.0 Å². The van der Waals surface area contributed by atoms with E-state index in [-0.39, 0.29) is 11.9 Å². The molecule has 22 heavy (non-hydrogen) atoms. The van der Waals surface area contributed by atoms with Crippen molar-refractivity contribution in [3.63, 3.8) is 0 Å². The van der Waals surface area contributed by atoms with Gasteiger partial charge in [-0.05, 0) is 56.3 Å². The Morgan fingerprint density at radius 1 is 1.05 bits per heavy atom. The van der Waals surface area contributed by atoms with Crippen LogP contribution in [0.3, 0.4) is 0 Å². The highest BCUT2D eigenvalue weighted by molar-refractivity contribution is 6.31. The summed E-state index contributed by atoms with van der Waals surface area (Å²) in [5, 5.41) is 1.15. The van der Waals surface area contributed by atoms with Crippen LogP contribution in [0, 0.1) is 0 Å². The normalized spacial score (nSPS) is 10.6. The molecule has 5 heteroatoms. The molecule has 0 radical (unpaired) electrons. The van der Waals surface area contributed by atoms with Gasteiger partial charge in [0.05, 0.1) is 12.7 Å². The number of methoxy groups -OCH3 is 1. The fourth-order valence-corrected chi connectivity index (χ4v) is 2.51. The minimum Gasteiger partial charge on any atom is -0.496 e. The van der Waals surface area contributed by atoms with E-state index in [1.54, 1.807) is 35.2 Å². The van der Waals surface area contributed by atoms with Crippen LogP contribution in [0.5, 0.6) is 5.75 Å². The van der Waals surface area contributed by atoms with Crippen molar-refractivity contribution in [3.8, 4) is 5.75 Å². The third kappa shape index (κ3) is 3.54. The number of anilines is 1. The quantitative estimate of drug-likeness (QED) is 0.780. The summed E-state index contributed by atoms with van der Waals surface area (Å²) in [5.41, 5.74) is 1.25. The van der Waals surface area contributed by atoms with Crippen LogP contribution < -0.4 is 9.64 Å². The third-order valence-corrected chi connectivity index (χ3v) is 3.72. The lowest BCUT2D eigenvalue weighted by molar-refractivity contribution is 0.0977. The van der Waals surface area contributed by atoms with Gasteiger partial charge in [0.2, 0.25) is 0 Å². The third-order valence-electron chi connectivity index (χ3n) is 3.23. The molecule has 0 N–H and O–H groups in total. The van der Waals surface area contributed by atoms with Crippen LogP contribution in [0.25, 0.3) is 0 Å². The maximum atomic E-state index is 12.9. The van der Waals surface area contributed by atoms with Crippen molar-refractivity contribution in [1.82, 2.24) is 0 Å². The lowest BCUT2D eigenvalue weighted by atomic mass is 10.1. The number of nitrogens with zero attached hydrogens (tertiary/aromatic N) is 1. The number of benzene rings is 2. The predicted molar refractivity (Wildman–Crippen MR) is 91.4 cm³/mol. The molecule has 1 amide bonds. The highest BCUT2D eigenvalue weighted by atomic mass is 35.5. The predicted octanol–water partition coefficient (Wildman–Crippen LogP) is 5.06. The first-order valence-corrected chi connectivity index (χ1v) is 7.62. The Balaban J connectivity index is 2.45. The van der Waals surface area contributed by atoms with Gasteiger partial charge in [-0.2, -0.15) is 0 Å². The summed E-state index contributed by atoms with van der Waals surface area (Å²) < 4.78 is 5.28. The molecule has 2 rings (SSSR count). The first kappa shape index (κ1) is 16.7. The monoisotopic (exact) mass is 337 g/mol. The van der Waals surface area contributed by atoms with E-state index in [2.05, 4.69) is 0 Å². The van der Waals surface area contributed by atoms with Crippen molar-refractivity contribution in [2.75, 3.05) is 12.0 Å². The number of carbonyl (C=O) groups is 1. The zero-order valence-corrected chi connectivity index (χ0v) is 14.2. The van der Waals surface area contributed by atoms with Crippen LogP contribution in [-0.4, -0.2) is 19.1 Å². The lowest BCUT2D eigenvalue weighted by Crippen LogP contribution is -2.37. The minimum absolute atomic E-state index is 0.0194. The van der Waals surface area contributed by atoms with Crippen molar-refractivity contribution in [1.29, 1.82) is 0 Å². The molecule has 0 aliphatic rings. The van der Waals surface area contributed by atoms with Crippen LogP contribution >= 0.6 is 23.2 Å². The molecule has 0 fully saturated rings. The van der Waals surface area contributed by atoms with Crippen LogP contribution in [0.1, 0.15) is 24.2 Å². The average Bonchev–Trinajstić information content (AvgIpc) is 2.48. The second-order valence-electron chi connectivity index (χ2n) is 5.09. The van der Waals surface area contributed by atoms with Gasteiger partial charge >= 0.3 is 0 Å². The Kier molecular flexibility index (Phi) is 5.33. The van der Waals surface area contributed by atoms with Crippen molar-refractivity contribution < 1.29 is 9.53 Å². The molecule has 2 aromatic carbocycles. The van der Waals surface area contributed by atoms with Gasteiger partial charge < -0.3 is 9.64 Å². The molecule has 0 unspecified atom stereocenters. The van der Waals surface area contributed by atoms with Crippen molar-refractivity contribution in [3.05, 3.63) is 58.1 Å². The number of hydrogen-bond donors (Lipinski definition) is 0. The van der Waals surface area contributed by atoms with E-state index in [4.69, 9.17) is 27.9 Å². The molecule has 2 aromatic rings. The number of rotatable bonds is 4. The molecular formula is C17H17Cl2NO2.